The van der Waals surface area contributed by atoms with Gasteiger partial charge in [-0.1, -0.05) is 26.7 Å². The lowest BCUT2D eigenvalue weighted by molar-refractivity contribution is 0.000899. The standard InChI is InChI=1S/C13H25NO/c1-11(2)12-6-5-9-14(12)10-13(15)7-3-4-8-13/h11-12,15H,3-10H2,1-2H3. The summed E-state index contributed by atoms with van der Waals surface area (Å²) in [7, 11) is 0. The third kappa shape index (κ3) is 2.54. The third-order valence-electron chi connectivity index (χ3n) is 4.22. The van der Waals surface area contributed by atoms with Crippen LogP contribution in [0.2, 0.25) is 0 Å². The lowest BCUT2D eigenvalue weighted by Crippen LogP contribution is -2.44. The predicted octanol–water partition coefficient (Wildman–Crippen LogP) is 2.41. The summed E-state index contributed by atoms with van der Waals surface area (Å²) in [6.07, 6.45) is 7.13. The van der Waals surface area contributed by atoms with E-state index >= 15 is 0 Å². The highest BCUT2D eigenvalue weighted by Crippen LogP contribution is 2.33. The molecule has 1 atom stereocenters. The molecule has 2 aliphatic rings. The number of hydrogen-bond donors (Lipinski definition) is 1. The molecule has 0 amide bonds. The van der Waals surface area contributed by atoms with Gasteiger partial charge in [0.05, 0.1) is 5.60 Å². The minimum Gasteiger partial charge on any atom is -0.389 e. The Morgan fingerprint density at radius 1 is 1.27 bits per heavy atom. The van der Waals surface area contributed by atoms with Crippen molar-refractivity contribution in [2.75, 3.05) is 13.1 Å². The third-order valence-corrected chi connectivity index (χ3v) is 4.22. The van der Waals surface area contributed by atoms with E-state index in [4.69, 9.17) is 0 Å². The Kier molecular flexibility index (Phi) is 3.36. The maximum atomic E-state index is 10.4. The van der Waals surface area contributed by atoms with E-state index in [1.165, 1.54) is 32.2 Å². The van der Waals surface area contributed by atoms with Gasteiger partial charge in [0.25, 0.3) is 0 Å². The Labute approximate surface area is 93.7 Å². The van der Waals surface area contributed by atoms with Crippen molar-refractivity contribution in [2.24, 2.45) is 5.92 Å². The Hall–Kier alpha value is -0.0800. The predicted molar refractivity (Wildman–Crippen MR) is 62.9 cm³/mol. The first kappa shape index (κ1) is 11.4. The van der Waals surface area contributed by atoms with Crippen LogP contribution < -0.4 is 0 Å². The molecule has 0 radical (unpaired) electrons. The molecule has 0 aromatic carbocycles. The molecule has 1 aliphatic carbocycles. The van der Waals surface area contributed by atoms with Crippen LogP contribution in [0.1, 0.15) is 52.4 Å². The summed E-state index contributed by atoms with van der Waals surface area (Å²) < 4.78 is 0. The first-order valence-electron chi connectivity index (χ1n) is 6.57. The molecule has 0 aromatic heterocycles. The Morgan fingerprint density at radius 3 is 2.53 bits per heavy atom. The van der Waals surface area contributed by atoms with Gasteiger partial charge < -0.3 is 5.11 Å². The van der Waals surface area contributed by atoms with Gasteiger partial charge >= 0.3 is 0 Å². The van der Waals surface area contributed by atoms with Gasteiger partial charge in [-0.25, -0.2) is 0 Å². The summed E-state index contributed by atoms with van der Waals surface area (Å²) in [5.41, 5.74) is -0.350. The zero-order valence-electron chi connectivity index (χ0n) is 10.2. The molecule has 2 heteroatoms. The fourth-order valence-electron chi connectivity index (χ4n) is 3.37. The van der Waals surface area contributed by atoms with Crippen LogP contribution in [0.3, 0.4) is 0 Å². The number of nitrogens with zero attached hydrogens (tertiary/aromatic N) is 1. The lowest BCUT2D eigenvalue weighted by atomic mass is 9.98. The zero-order valence-corrected chi connectivity index (χ0v) is 10.2. The molecule has 2 nitrogen and oxygen atoms in total. The van der Waals surface area contributed by atoms with E-state index in [9.17, 15) is 5.11 Å². The molecule has 0 spiro atoms. The first-order chi connectivity index (χ1) is 7.11. The summed E-state index contributed by atoms with van der Waals surface area (Å²) in [5.74, 6) is 0.734. The molecule has 1 unspecified atom stereocenters. The Balaban J connectivity index is 1.92. The maximum Gasteiger partial charge on any atom is 0.0774 e. The maximum absolute atomic E-state index is 10.4. The molecule has 2 fully saturated rings. The SMILES string of the molecule is CC(C)C1CCCN1CC1(O)CCCC1. The van der Waals surface area contributed by atoms with E-state index in [0.717, 1.165) is 31.3 Å². The van der Waals surface area contributed by atoms with Crippen molar-refractivity contribution in [3.8, 4) is 0 Å². The highest BCUT2D eigenvalue weighted by atomic mass is 16.3. The molecular weight excluding hydrogens is 186 g/mol. The molecule has 1 aliphatic heterocycles. The lowest BCUT2D eigenvalue weighted by Gasteiger charge is -2.34. The molecular formula is C13H25NO. The molecule has 88 valence electrons. The number of hydrogen-bond acceptors (Lipinski definition) is 2. The van der Waals surface area contributed by atoms with Crippen LogP contribution in [0.15, 0.2) is 0 Å². The summed E-state index contributed by atoms with van der Waals surface area (Å²) in [6, 6.07) is 0.717. The average Bonchev–Trinajstić information content (AvgIpc) is 2.75. The van der Waals surface area contributed by atoms with Crippen molar-refractivity contribution in [3.05, 3.63) is 0 Å². The summed E-state index contributed by atoms with van der Waals surface area (Å²) in [5, 5.41) is 10.4. The average molecular weight is 211 g/mol. The van der Waals surface area contributed by atoms with Crippen molar-refractivity contribution in [2.45, 2.75) is 64.0 Å². The van der Waals surface area contributed by atoms with Crippen molar-refractivity contribution in [1.29, 1.82) is 0 Å². The van der Waals surface area contributed by atoms with Crippen LogP contribution in [0.5, 0.6) is 0 Å². The van der Waals surface area contributed by atoms with Crippen LogP contribution in [0, 0.1) is 5.92 Å². The minimum atomic E-state index is -0.350. The van der Waals surface area contributed by atoms with Gasteiger partial charge in [0.1, 0.15) is 0 Å². The highest BCUT2D eigenvalue weighted by Gasteiger charge is 2.37. The Bertz CT molecular complexity index is 209. The number of β-amino-alcohol motifs (C(OH)–C–C–N with tert-alkyl or cyclic N) is 1. The summed E-state index contributed by atoms with van der Waals surface area (Å²) in [4.78, 5) is 2.54. The van der Waals surface area contributed by atoms with E-state index in [1.54, 1.807) is 0 Å². The fraction of sp³-hybridized carbons (Fsp3) is 1.00. The molecule has 2 rings (SSSR count). The van der Waals surface area contributed by atoms with E-state index in [0.29, 0.717) is 0 Å². The van der Waals surface area contributed by atoms with Crippen molar-refractivity contribution >= 4 is 0 Å². The second kappa shape index (κ2) is 4.42. The first-order valence-corrected chi connectivity index (χ1v) is 6.57. The molecule has 0 aromatic rings. The number of rotatable bonds is 3. The quantitative estimate of drug-likeness (QED) is 0.775. The van der Waals surface area contributed by atoms with Gasteiger partial charge in [0.15, 0.2) is 0 Å². The van der Waals surface area contributed by atoms with Crippen molar-refractivity contribution < 1.29 is 5.11 Å². The van der Waals surface area contributed by atoms with Crippen molar-refractivity contribution in [3.63, 3.8) is 0 Å². The molecule has 15 heavy (non-hydrogen) atoms. The molecule has 1 saturated heterocycles. The van der Waals surface area contributed by atoms with E-state index < -0.39 is 0 Å². The zero-order chi connectivity index (χ0) is 10.9. The largest absolute Gasteiger partial charge is 0.389 e. The summed E-state index contributed by atoms with van der Waals surface area (Å²) >= 11 is 0. The fourth-order valence-corrected chi connectivity index (χ4v) is 3.37. The highest BCUT2D eigenvalue weighted by molar-refractivity contribution is 4.91. The normalized spacial score (nSPS) is 31.6. The van der Waals surface area contributed by atoms with Crippen LogP contribution in [0.4, 0.5) is 0 Å². The molecule has 1 saturated carbocycles. The summed E-state index contributed by atoms with van der Waals surface area (Å²) in [6.45, 7) is 6.74. The van der Waals surface area contributed by atoms with Crippen LogP contribution in [0.25, 0.3) is 0 Å². The van der Waals surface area contributed by atoms with Crippen molar-refractivity contribution in [1.82, 2.24) is 4.90 Å². The molecule has 1 heterocycles. The Morgan fingerprint density at radius 2 is 1.93 bits per heavy atom. The van der Waals surface area contributed by atoms with Gasteiger partial charge in [0.2, 0.25) is 0 Å². The van der Waals surface area contributed by atoms with Gasteiger partial charge in [-0.3, -0.25) is 4.90 Å². The van der Waals surface area contributed by atoms with Crippen LogP contribution in [-0.2, 0) is 0 Å². The molecule has 0 bridgehead atoms. The van der Waals surface area contributed by atoms with E-state index in [2.05, 4.69) is 18.7 Å². The van der Waals surface area contributed by atoms with Gasteiger partial charge in [-0.05, 0) is 38.1 Å². The van der Waals surface area contributed by atoms with Crippen LogP contribution >= 0.6 is 0 Å². The number of likely N-dealkylation sites (tertiary alicyclic amines) is 1. The van der Waals surface area contributed by atoms with Gasteiger partial charge in [0, 0.05) is 12.6 Å². The van der Waals surface area contributed by atoms with E-state index in [1.807, 2.05) is 0 Å². The van der Waals surface area contributed by atoms with E-state index in [-0.39, 0.29) is 5.60 Å². The second-order valence-electron chi connectivity index (χ2n) is 5.86. The van der Waals surface area contributed by atoms with Crippen LogP contribution in [-0.4, -0.2) is 34.7 Å². The molecule has 1 N–H and O–H groups in total. The monoisotopic (exact) mass is 211 g/mol. The van der Waals surface area contributed by atoms with Gasteiger partial charge in [-0.15, -0.1) is 0 Å². The topological polar surface area (TPSA) is 23.5 Å². The minimum absolute atomic E-state index is 0.350. The van der Waals surface area contributed by atoms with Gasteiger partial charge in [-0.2, -0.15) is 0 Å². The second-order valence-corrected chi connectivity index (χ2v) is 5.86. The smallest absolute Gasteiger partial charge is 0.0774 e. The number of aliphatic hydroxyl groups is 1.